The Morgan fingerprint density at radius 2 is 1.79 bits per heavy atom. The van der Waals surface area contributed by atoms with Gasteiger partial charge in [-0.25, -0.2) is 0 Å². The van der Waals surface area contributed by atoms with Crippen LogP contribution in [-0.4, -0.2) is 22.0 Å². The second-order valence-electron chi connectivity index (χ2n) is 6.08. The zero-order valence-electron chi connectivity index (χ0n) is 15.5. The van der Waals surface area contributed by atoms with Gasteiger partial charge in [-0.05, 0) is 36.8 Å². The van der Waals surface area contributed by atoms with Crippen molar-refractivity contribution in [3.05, 3.63) is 69.8 Å². The Balaban J connectivity index is 1.85. The second-order valence-corrected chi connectivity index (χ2v) is 6.08. The summed E-state index contributed by atoms with van der Waals surface area (Å²) < 4.78 is 5.11. The molecule has 28 heavy (non-hydrogen) atoms. The van der Waals surface area contributed by atoms with Gasteiger partial charge in [0.25, 0.3) is 0 Å². The van der Waals surface area contributed by atoms with Crippen LogP contribution in [-0.2, 0) is 6.54 Å². The van der Waals surface area contributed by atoms with Crippen molar-refractivity contribution < 1.29 is 9.66 Å². The summed E-state index contributed by atoms with van der Waals surface area (Å²) in [7, 11) is 1.56. The highest BCUT2D eigenvalue weighted by atomic mass is 16.6. The predicted octanol–water partition coefficient (Wildman–Crippen LogP) is 3.64. The van der Waals surface area contributed by atoms with Gasteiger partial charge in [0.05, 0.1) is 12.0 Å². The molecule has 4 N–H and O–H groups in total. The Morgan fingerprint density at radius 3 is 2.39 bits per heavy atom. The largest absolute Gasteiger partial charge is 0.497 e. The predicted molar refractivity (Wildman–Crippen MR) is 108 cm³/mol. The molecule has 1 heterocycles. The van der Waals surface area contributed by atoms with Crippen LogP contribution < -0.4 is 21.1 Å². The van der Waals surface area contributed by atoms with Crippen molar-refractivity contribution in [3.8, 4) is 5.75 Å². The number of nitrogens with zero attached hydrogens (tertiary/aromatic N) is 3. The van der Waals surface area contributed by atoms with Crippen molar-refractivity contribution >= 4 is 29.0 Å². The molecule has 0 spiro atoms. The van der Waals surface area contributed by atoms with Crippen LogP contribution in [0.15, 0.2) is 48.5 Å². The summed E-state index contributed by atoms with van der Waals surface area (Å²) in [5.41, 5.74) is 8.23. The number of hydrogen-bond acceptors (Lipinski definition) is 8. The van der Waals surface area contributed by atoms with Crippen LogP contribution in [0.2, 0.25) is 0 Å². The summed E-state index contributed by atoms with van der Waals surface area (Å²) in [6.45, 7) is 2.47. The first-order valence-corrected chi connectivity index (χ1v) is 8.48. The molecule has 0 unspecified atom stereocenters. The monoisotopic (exact) mass is 380 g/mol. The van der Waals surface area contributed by atoms with E-state index in [0.717, 1.165) is 11.1 Å². The van der Waals surface area contributed by atoms with Crippen molar-refractivity contribution in [1.82, 2.24) is 9.97 Å². The molecule has 0 radical (unpaired) electrons. The third kappa shape index (κ3) is 4.44. The third-order valence-corrected chi connectivity index (χ3v) is 4.02. The molecule has 9 nitrogen and oxygen atoms in total. The maximum Gasteiger partial charge on any atom is 0.353 e. The molecule has 0 aliphatic carbocycles. The van der Waals surface area contributed by atoms with Gasteiger partial charge in [0.15, 0.2) is 0 Å². The van der Waals surface area contributed by atoms with Gasteiger partial charge in [0, 0.05) is 12.2 Å². The Labute approximate surface area is 161 Å². The van der Waals surface area contributed by atoms with Gasteiger partial charge < -0.3 is 21.1 Å². The number of nitrogens with one attached hydrogen (secondary N) is 2. The summed E-state index contributed by atoms with van der Waals surface area (Å²) in [5, 5.41) is 17.4. The van der Waals surface area contributed by atoms with Crippen molar-refractivity contribution in [2.45, 2.75) is 13.5 Å². The van der Waals surface area contributed by atoms with Gasteiger partial charge >= 0.3 is 5.69 Å². The Hall–Kier alpha value is -3.88. The zero-order chi connectivity index (χ0) is 20.1. The lowest BCUT2D eigenvalue weighted by Crippen LogP contribution is -2.10. The first-order valence-electron chi connectivity index (χ1n) is 8.48. The number of ether oxygens (including phenoxy) is 1. The first kappa shape index (κ1) is 18.9. The van der Waals surface area contributed by atoms with Crippen LogP contribution >= 0.6 is 0 Å². The van der Waals surface area contributed by atoms with E-state index in [1.165, 1.54) is 0 Å². The highest BCUT2D eigenvalue weighted by molar-refractivity contribution is 5.74. The number of methoxy groups -OCH3 is 1. The number of aryl methyl sites for hydroxylation is 1. The lowest BCUT2D eigenvalue weighted by Gasteiger charge is -2.11. The van der Waals surface area contributed by atoms with Crippen molar-refractivity contribution in [3.63, 3.8) is 0 Å². The van der Waals surface area contributed by atoms with Gasteiger partial charge in [-0.15, -0.1) is 0 Å². The van der Waals surface area contributed by atoms with E-state index in [4.69, 9.17) is 10.5 Å². The maximum absolute atomic E-state index is 11.4. The lowest BCUT2D eigenvalue weighted by molar-refractivity contribution is -0.383. The van der Waals surface area contributed by atoms with E-state index in [9.17, 15) is 10.1 Å². The number of hydrogen-bond donors (Lipinski definition) is 3. The number of aromatic nitrogens is 2. The average Bonchev–Trinajstić information content (AvgIpc) is 2.67. The molecule has 144 valence electrons. The van der Waals surface area contributed by atoms with Gasteiger partial charge in [-0.3, -0.25) is 10.1 Å². The molecule has 0 saturated carbocycles. The normalized spacial score (nSPS) is 10.4. The van der Waals surface area contributed by atoms with Crippen LogP contribution in [0, 0.1) is 17.0 Å². The molecular weight excluding hydrogens is 360 g/mol. The lowest BCUT2D eigenvalue weighted by atomic mass is 10.1. The van der Waals surface area contributed by atoms with E-state index >= 15 is 0 Å². The summed E-state index contributed by atoms with van der Waals surface area (Å²) in [6, 6.07) is 14.9. The highest BCUT2D eigenvalue weighted by Crippen LogP contribution is 2.31. The zero-order valence-corrected chi connectivity index (χ0v) is 15.5. The summed E-state index contributed by atoms with van der Waals surface area (Å²) in [6.07, 6.45) is 0. The Bertz CT molecular complexity index is 974. The molecule has 0 amide bonds. The summed E-state index contributed by atoms with van der Waals surface area (Å²) >= 11 is 0. The van der Waals surface area contributed by atoms with Gasteiger partial charge in [0.2, 0.25) is 17.6 Å². The Morgan fingerprint density at radius 1 is 1.11 bits per heavy atom. The number of nitrogens with two attached hydrogens (primary N) is 1. The number of nitrogen functional groups attached to an aromatic ring is 1. The third-order valence-electron chi connectivity index (χ3n) is 4.02. The van der Waals surface area contributed by atoms with Crippen LogP contribution in [0.25, 0.3) is 0 Å². The SMILES string of the molecule is COc1ccc(Nc2nc(NCc3ccc(C)cc3)nc(N)c2[N+](=O)[O-])cc1. The fraction of sp³-hybridized carbons (Fsp3) is 0.158. The highest BCUT2D eigenvalue weighted by Gasteiger charge is 2.23. The van der Waals surface area contributed by atoms with E-state index in [-0.39, 0.29) is 23.3 Å². The fourth-order valence-electron chi connectivity index (χ4n) is 2.52. The average molecular weight is 380 g/mol. The topological polar surface area (TPSA) is 128 Å². The van der Waals surface area contributed by atoms with Crippen LogP contribution in [0.3, 0.4) is 0 Å². The Kier molecular flexibility index (Phi) is 5.54. The molecule has 9 heteroatoms. The van der Waals surface area contributed by atoms with Gasteiger partial charge in [-0.1, -0.05) is 29.8 Å². The van der Waals surface area contributed by atoms with E-state index in [1.54, 1.807) is 31.4 Å². The van der Waals surface area contributed by atoms with Gasteiger partial charge in [0.1, 0.15) is 5.75 Å². The molecule has 0 aliphatic heterocycles. The molecule has 0 bridgehead atoms. The van der Waals surface area contributed by atoms with E-state index in [1.807, 2.05) is 31.2 Å². The maximum atomic E-state index is 11.4. The first-order chi connectivity index (χ1) is 13.5. The van der Waals surface area contributed by atoms with Crippen LogP contribution in [0.4, 0.5) is 29.0 Å². The summed E-state index contributed by atoms with van der Waals surface area (Å²) in [5.74, 6) is 0.652. The quantitative estimate of drug-likeness (QED) is 0.419. The minimum absolute atomic E-state index is 0.00840. The molecule has 0 aliphatic rings. The van der Waals surface area contributed by atoms with Crippen LogP contribution in [0.1, 0.15) is 11.1 Å². The van der Waals surface area contributed by atoms with Gasteiger partial charge in [-0.2, -0.15) is 9.97 Å². The van der Waals surface area contributed by atoms with E-state index < -0.39 is 4.92 Å². The van der Waals surface area contributed by atoms with Crippen molar-refractivity contribution in [1.29, 1.82) is 0 Å². The van der Waals surface area contributed by atoms with Crippen molar-refractivity contribution in [2.24, 2.45) is 0 Å². The second kappa shape index (κ2) is 8.21. The number of anilines is 4. The van der Waals surface area contributed by atoms with Crippen molar-refractivity contribution in [2.75, 3.05) is 23.5 Å². The van der Waals surface area contributed by atoms with E-state index in [0.29, 0.717) is 18.0 Å². The van der Waals surface area contributed by atoms with E-state index in [2.05, 4.69) is 20.6 Å². The standard InChI is InChI=1S/C19H20N6O3/c1-12-3-5-13(6-4-12)11-21-19-23-17(20)16(25(26)27)18(24-19)22-14-7-9-15(28-2)10-8-14/h3-10H,11H2,1-2H3,(H4,20,21,22,23,24). The molecule has 3 rings (SSSR count). The summed E-state index contributed by atoms with van der Waals surface area (Å²) in [4.78, 5) is 19.1. The fourth-order valence-corrected chi connectivity index (χ4v) is 2.52. The smallest absolute Gasteiger partial charge is 0.353 e. The minimum Gasteiger partial charge on any atom is -0.497 e. The molecule has 1 aromatic heterocycles. The molecule has 0 saturated heterocycles. The number of benzene rings is 2. The molecular formula is C19H20N6O3. The number of nitro groups is 1. The van der Waals surface area contributed by atoms with Crippen LogP contribution in [0.5, 0.6) is 5.75 Å². The molecule has 0 atom stereocenters. The molecule has 3 aromatic rings. The molecule has 2 aromatic carbocycles. The number of rotatable bonds is 7. The minimum atomic E-state index is -0.606. The molecule has 0 fully saturated rings.